The molecule has 3 aromatic rings. The van der Waals surface area contributed by atoms with Crippen molar-refractivity contribution in [3.63, 3.8) is 0 Å². The largest absolute Gasteiger partial charge is 0.435 e. The molecule has 0 aromatic heterocycles. The number of amides is 2. The van der Waals surface area contributed by atoms with E-state index in [0.717, 1.165) is 19.9 Å². The molecule has 0 saturated carbocycles. The molecule has 0 aliphatic rings. The number of rotatable bonds is 5. The van der Waals surface area contributed by atoms with E-state index in [0.29, 0.717) is 24.3 Å². The molecule has 39 heavy (non-hydrogen) atoms. The smallest absolute Gasteiger partial charge is 0.322 e. The molecule has 0 aliphatic heterocycles. The summed E-state index contributed by atoms with van der Waals surface area (Å²) >= 11 is 0. The quantitative estimate of drug-likeness (QED) is 0.248. The summed E-state index contributed by atoms with van der Waals surface area (Å²) in [6, 6.07) is 6.30. The lowest BCUT2D eigenvalue weighted by atomic mass is 9.90. The Hall–Kier alpha value is -4.10. The van der Waals surface area contributed by atoms with E-state index < -0.39 is 58.4 Å². The maximum atomic E-state index is 14.5. The van der Waals surface area contributed by atoms with Gasteiger partial charge in [-0.1, -0.05) is 18.2 Å². The molecule has 208 valence electrons. The van der Waals surface area contributed by atoms with Crippen LogP contribution < -0.4 is 10.6 Å². The first-order valence-electron chi connectivity index (χ1n) is 10.7. The highest BCUT2D eigenvalue weighted by atomic mass is 19.4. The molecule has 3 rings (SSSR count). The maximum absolute atomic E-state index is 14.5. The fourth-order valence-corrected chi connectivity index (χ4v) is 3.70. The Morgan fingerprint density at radius 1 is 0.692 bits per heavy atom. The maximum Gasteiger partial charge on any atom is 0.435 e. The molecular weight excluding hydrogens is 550 g/mol. The van der Waals surface area contributed by atoms with Crippen molar-refractivity contribution in [1.82, 2.24) is 0 Å². The molecule has 0 bridgehead atoms. The molecule has 0 radical (unpaired) electrons. The third-order valence-corrected chi connectivity index (χ3v) is 5.60. The molecule has 14 heteroatoms. The number of halogens is 10. The first-order valence-corrected chi connectivity index (χ1v) is 10.7. The van der Waals surface area contributed by atoms with E-state index in [4.69, 9.17) is 0 Å². The van der Waals surface area contributed by atoms with Crippen molar-refractivity contribution in [3.05, 3.63) is 93.8 Å². The fraction of sp³-hybridized carbons (Fsp3) is 0.200. The predicted octanol–water partition coefficient (Wildman–Crippen LogP) is 7.51. The van der Waals surface area contributed by atoms with Crippen molar-refractivity contribution >= 4 is 23.2 Å². The van der Waals surface area contributed by atoms with Crippen LogP contribution in [0.2, 0.25) is 0 Å². The molecular formula is C25H16F10N2O2. The predicted molar refractivity (Wildman–Crippen MR) is 119 cm³/mol. The molecule has 0 spiro atoms. The number of aryl methyl sites for hydroxylation is 2. The van der Waals surface area contributed by atoms with Crippen molar-refractivity contribution in [3.8, 4) is 0 Å². The van der Waals surface area contributed by atoms with E-state index in [9.17, 15) is 53.5 Å². The van der Waals surface area contributed by atoms with E-state index >= 15 is 0 Å². The molecule has 2 amide bonds. The monoisotopic (exact) mass is 566 g/mol. The van der Waals surface area contributed by atoms with Crippen molar-refractivity contribution in [1.29, 1.82) is 0 Å². The first-order chi connectivity index (χ1) is 17.9. The van der Waals surface area contributed by atoms with E-state index in [1.807, 2.05) is 0 Å². The number of hydrogen-bond donors (Lipinski definition) is 2. The Bertz CT molecular complexity index is 1410. The van der Waals surface area contributed by atoms with Gasteiger partial charge in [0.1, 0.15) is 11.4 Å². The highest BCUT2D eigenvalue weighted by molar-refractivity contribution is 6.08. The molecule has 0 atom stereocenters. The van der Waals surface area contributed by atoms with Crippen LogP contribution in [0.3, 0.4) is 0 Å². The number of hydrogen-bond acceptors (Lipinski definition) is 2. The highest BCUT2D eigenvalue weighted by Gasteiger charge is 2.73. The van der Waals surface area contributed by atoms with Crippen LogP contribution in [0.4, 0.5) is 55.3 Å². The standard InChI is InChI=1S/C25H16F10N2O2/c1-11-8-14(23(29,24(30,31)32)25(33,34)35)9-12(2)20(11)37-21(38)13-4-3-5-15(10-13)36-22(39)18-16(26)6-7-17(27)19(18)28/h3-10H,1-2H3,(H,36,39)(H,37,38). The van der Waals surface area contributed by atoms with Crippen LogP contribution in [0.15, 0.2) is 48.5 Å². The Morgan fingerprint density at radius 2 is 1.23 bits per heavy atom. The third kappa shape index (κ3) is 5.54. The van der Waals surface area contributed by atoms with Gasteiger partial charge in [-0.15, -0.1) is 0 Å². The summed E-state index contributed by atoms with van der Waals surface area (Å²) in [7, 11) is 0. The number of benzene rings is 3. The Labute approximate surface area is 213 Å². The first kappa shape index (κ1) is 29.5. The molecule has 0 unspecified atom stereocenters. The molecule has 2 N–H and O–H groups in total. The molecule has 4 nitrogen and oxygen atoms in total. The van der Waals surface area contributed by atoms with Gasteiger partial charge >= 0.3 is 18.0 Å². The van der Waals surface area contributed by atoms with Crippen molar-refractivity contribution in [2.24, 2.45) is 0 Å². The highest BCUT2D eigenvalue weighted by Crippen LogP contribution is 2.53. The normalized spacial score (nSPS) is 12.3. The Balaban J connectivity index is 1.89. The second-order valence-corrected chi connectivity index (χ2v) is 8.35. The second-order valence-electron chi connectivity index (χ2n) is 8.35. The fourth-order valence-electron chi connectivity index (χ4n) is 3.70. The zero-order valence-electron chi connectivity index (χ0n) is 19.7. The molecule has 0 fully saturated rings. The summed E-state index contributed by atoms with van der Waals surface area (Å²) in [4.78, 5) is 25.0. The molecule has 0 aliphatic carbocycles. The van der Waals surface area contributed by atoms with Crippen molar-refractivity contribution in [2.75, 3.05) is 10.6 Å². The zero-order valence-corrected chi connectivity index (χ0v) is 19.7. The summed E-state index contributed by atoms with van der Waals surface area (Å²) in [6.45, 7) is 2.11. The number of carbonyl (C=O) groups excluding carboxylic acids is 2. The minimum absolute atomic E-state index is 0.169. The van der Waals surface area contributed by atoms with Gasteiger partial charge in [-0.25, -0.2) is 17.6 Å². The van der Waals surface area contributed by atoms with Gasteiger partial charge in [-0.2, -0.15) is 26.3 Å². The molecule has 0 heterocycles. The van der Waals surface area contributed by atoms with Gasteiger partial charge in [0.2, 0.25) is 0 Å². The van der Waals surface area contributed by atoms with E-state index in [1.165, 1.54) is 18.2 Å². The third-order valence-electron chi connectivity index (χ3n) is 5.60. The minimum Gasteiger partial charge on any atom is -0.322 e. The van der Waals surface area contributed by atoms with Gasteiger partial charge in [0, 0.05) is 22.5 Å². The number of anilines is 2. The van der Waals surface area contributed by atoms with Crippen LogP contribution >= 0.6 is 0 Å². The van der Waals surface area contributed by atoms with Crippen molar-refractivity contribution in [2.45, 2.75) is 31.9 Å². The summed E-state index contributed by atoms with van der Waals surface area (Å²) in [5, 5.41) is 4.36. The SMILES string of the molecule is Cc1cc(C(F)(C(F)(F)F)C(F)(F)F)cc(C)c1NC(=O)c1cccc(NC(=O)c2c(F)ccc(F)c2F)c1. The lowest BCUT2D eigenvalue weighted by Gasteiger charge is -2.31. The van der Waals surface area contributed by atoms with Crippen LogP contribution in [-0.4, -0.2) is 24.2 Å². The Morgan fingerprint density at radius 3 is 1.77 bits per heavy atom. The van der Waals surface area contributed by atoms with Crippen LogP contribution in [0.1, 0.15) is 37.4 Å². The molecule has 3 aromatic carbocycles. The second kappa shape index (κ2) is 10.2. The number of alkyl halides is 7. The summed E-state index contributed by atoms with van der Waals surface area (Å²) in [6.07, 6.45) is -12.6. The zero-order chi connectivity index (χ0) is 29.5. The number of carbonyl (C=O) groups is 2. The van der Waals surface area contributed by atoms with E-state index in [-0.39, 0.29) is 28.1 Å². The van der Waals surface area contributed by atoms with E-state index in [2.05, 4.69) is 10.6 Å². The van der Waals surface area contributed by atoms with Crippen LogP contribution in [-0.2, 0) is 5.67 Å². The van der Waals surface area contributed by atoms with Gasteiger partial charge < -0.3 is 10.6 Å². The van der Waals surface area contributed by atoms with Crippen LogP contribution in [0.25, 0.3) is 0 Å². The van der Waals surface area contributed by atoms with Crippen LogP contribution in [0, 0.1) is 31.3 Å². The summed E-state index contributed by atoms with van der Waals surface area (Å²) in [5.41, 5.74) is -9.85. The lowest BCUT2D eigenvalue weighted by molar-refractivity contribution is -0.348. The van der Waals surface area contributed by atoms with Crippen molar-refractivity contribution < 1.29 is 53.5 Å². The molecule has 0 saturated heterocycles. The lowest BCUT2D eigenvalue weighted by Crippen LogP contribution is -2.50. The average molecular weight is 566 g/mol. The Kier molecular flexibility index (Phi) is 7.72. The minimum atomic E-state index is -6.32. The average Bonchev–Trinajstić information content (AvgIpc) is 2.82. The van der Waals surface area contributed by atoms with Gasteiger partial charge in [0.05, 0.1) is 0 Å². The summed E-state index contributed by atoms with van der Waals surface area (Å²) in [5.74, 6) is -6.92. The van der Waals surface area contributed by atoms with E-state index in [1.54, 1.807) is 0 Å². The van der Waals surface area contributed by atoms with Gasteiger partial charge in [-0.05, 0) is 55.3 Å². The summed E-state index contributed by atoms with van der Waals surface area (Å²) < 4.78 is 134. The van der Waals surface area contributed by atoms with Crippen LogP contribution in [0.5, 0.6) is 0 Å². The topological polar surface area (TPSA) is 58.2 Å². The van der Waals surface area contributed by atoms with Gasteiger partial charge in [0.15, 0.2) is 11.6 Å². The van der Waals surface area contributed by atoms with Gasteiger partial charge in [0.25, 0.3) is 11.8 Å². The van der Waals surface area contributed by atoms with Gasteiger partial charge in [-0.3, -0.25) is 9.59 Å². The number of nitrogens with one attached hydrogen (secondary N) is 2.